The first-order valence-electron chi connectivity index (χ1n) is 7.74. The Balaban J connectivity index is 1.81. The molecule has 5 unspecified atom stereocenters. The highest BCUT2D eigenvalue weighted by Crippen LogP contribution is 2.35. The number of ether oxygens (including phenoxy) is 1. The van der Waals surface area contributed by atoms with E-state index in [0.29, 0.717) is 12.2 Å². The van der Waals surface area contributed by atoms with Gasteiger partial charge < -0.3 is 30.3 Å². The maximum Gasteiger partial charge on any atom is 0.202 e. The quantitative estimate of drug-likeness (QED) is 0.434. The number of aromatic nitrogens is 4. The Morgan fingerprint density at radius 3 is 2.56 bits per heavy atom. The molecule has 1 saturated heterocycles. The lowest BCUT2D eigenvalue weighted by molar-refractivity contribution is -0.296. The molecule has 0 amide bonds. The third-order valence-electron chi connectivity index (χ3n) is 4.26. The average molecular weight is 352 g/mol. The number of benzene rings is 1. The molecule has 0 saturated carbocycles. The molecule has 0 spiro atoms. The van der Waals surface area contributed by atoms with Crippen molar-refractivity contribution in [1.29, 1.82) is 0 Å². The van der Waals surface area contributed by atoms with E-state index in [1.165, 1.54) is 6.92 Å². The number of phenols is 1. The van der Waals surface area contributed by atoms with E-state index in [2.05, 4.69) is 15.4 Å². The Hall–Kier alpha value is -2.11. The molecule has 1 aliphatic rings. The van der Waals surface area contributed by atoms with Crippen molar-refractivity contribution in [1.82, 2.24) is 20.2 Å². The Morgan fingerprint density at radius 1 is 1.24 bits per heavy atom. The largest absolute Gasteiger partial charge is 0.508 e. The minimum atomic E-state index is -1.89. The molecule has 10 heteroatoms. The molecule has 2 aromatic rings. The van der Waals surface area contributed by atoms with Gasteiger partial charge in [-0.3, -0.25) is 0 Å². The highest BCUT2D eigenvalue weighted by Gasteiger charge is 2.53. The molecular formula is C15H20N4O6. The summed E-state index contributed by atoms with van der Waals surface area (Å²) in [5, 5.41) is 60.9. The molecule has 136 valence electrons. The fraction of sp³-hybridized carbons (Fsp3) is 0.533. The molecule has 0 aliphatic carbocycles. The topological polar surface area (TPSA) is 154 Å². The van der Waals surface area contributed by atoms with Crippen molar-refractivity contribution < 1.29 is 30.3 Å². The zero-order valence-electron chi connectivity index (χ0n) is 13.5. The number of tetrazole rings is 1. The average Bonchev–Trinajstić information content (AvgIpc) is 3.03. The van der Waals surface area contributed by atoms with Gasteiger partial charge in [0.25, 0.3) is 0 Å². The number of hydrogen-bond donors (Lipinski definition) is 5. The second-order valence-electron chi connectivity index (χ2n) is 6.24. The minimum absolute atomic E-state index is 0.148. The van der Waals surface area contributed by atoms with E-state index >= 15 is 0 Å². The molecule has 10 nitrogen and oxygen atoms in total. The van der Waals surface area contributed by atoms with Crippen molar-refractivity contribution in [3.8, 4) is 5.75 Å². The van der Waals surface area contributed by atoms with Gasteiger partial charge in [-0.15, -0.1) is 15.0 Å². The van der Waals surface area contributed by atoms with E-state index in [1.807, 2.05) is 0 Å². The molecule has 5 atom stereocenters. The predicted molar refractivity (Wildman–Crippen MR) is 82.4 cm³/mol. The van der Waals surface area contributed by atoms with Crippen LogP contribution in [-0.2, 0) is 11.2 Å². The van der Waals surface area contributed by atoms with E-state index in [1.54, 1.807) is 24.3 Å². The number of aromatic hydroxyl groups is 1. The molecule has 2 heterocycles. The zero-order chi connectivity index (χ0) is 18.2. The van der Waals surface area contributed by atoms with Crippen molar-refractivity contribution in [3.63, 3.8) is 0 Å². The summed E-state index contributed by atoms with van der Waals surface area (Å²) in [4.78, 5) is 1.01. The molecule has 0 radical (unpaired) electrons. The first-order chi connectivity index (χ1) is 11.8. The van der Waals surface area contributed by atoms with Crippen LogP contribution in [0.15, 0.2) is 24.3 Å². The minimum Gasteiger partial charge on any atom is -0.508 e. The van der Waals surface area contributed by atoms with Gasteiger partial charge in [-0.25, -0.2) is 0 Å². The molecule has 1 fully saturated rings. The number of hydrogen-bond acceptors (Lipinski definition) is 9. The van der Waals surface area contributed by atoms with Crippen LogP contribution < -0.4 is 0 Å². The van der Waals surface area contributed by atoms with Crippen LogP contribution >= 0.6 is 0 Å². The molecule has 1 aromatic carbocycles. The van der Waals surface area contributed by atoms with Crippen LogP contribution in [0.5, 0.6) is 5.75 Å². The third kappa shape index (κ3) is 3.34. The highest BCUT2D eigenvalue weighted by atomic mass is 16.6. The van der Waals surface area contributed by atoms with Gasteiger partial charge in [-0.2, -0.15) is 0 Å². The van der Waals surface area contributed by atoms with Crippen molar-refractivity contribution in [2.45, 2.75) is 43.5 Å². The normalized spacial score (nSPS) is 32.7. The molecule has 3 rings (SSSR count). The number of nitrogens with zero attached hydrogens (tertiary/aromatic N) is 4. The van der Waals surface area contributed by atoms with E-state index < -0.39 is 36.7 Å². The van der Waals surface area contributed by atoms with Crippen LogP contribution in [0.1, 0.15) is 24.5 Å². The second-order valence-corrected chi connectivity index (χ2v) is 6.24. The summed E-state index contributed by atoms with van der Waals surface area (Å²) in [6.07, 6.45) is -4.99. The smallest absolute Gasteiger partial charge is 0.202 e. The maximum absolute atomic E-state index is 10.5. The van der Waals surface area contributed by atoms with Gasteiger partial charge in [0.05, 0.1) is 6.61 Å². The third-order valence-corrected chi connectivity index (χ3v) is 4.26. The monoisotopic (exact) mass is 352 g/mol. The number of rotatable bonds is 4. The first kappa shape index (κ1) is 17.7. The van der Waals surface area contributed by atoms with Gasteiger partial charge in [0, 0.05) is 6.42 Å². The Morgan fingerprint density at radius 2 is 1.92 bits per heavy atom. The first-order valence-corrected chi connectivity index (χ1v) is 7.74. The van der Waals surface area contributed by atoms with E-state index in [9.17, 15) is 25.5 Å². The molecule has 1 aliphatic heterocycles. The lowest BCUT2D eigenvalue weighted by atomic mass is 9.87. The molecule has 0 bridgehead atoms. The highest BCUT2D eigenvalue weighted by molar-refractivity contribution is 5.27. The fourth-order valence-electron chi connectivity index (χ4n) is 2.74. The SMILES string of the molecule is CC1(O)C(O)C(O)C(CO)OC1n1nnc(Cc2ccc(O)cc2)n1. The summed E-state index contributed by atoms with van der Waals surface area (Å²) in [6, 6.07) is 6.51. The van der Waals surface area contributed by atoms with E-state index in [0.717, 1.165) is 10.4 Å². The molecule has 25 heavy (non-hydrogen) atoms. The second kappa shape index (κ2) is 6.65. The Bertz CT molecular complexity index is 719. The van der Waals surface area contributed by atoms with Crippen LogP contribution in [0.4, 0.5) is 0 Å². The summed E-state index contributed by atoms with van der Waals surface area (Å²) in [6.45, 7) is 0.738. The van der Waals surface area contributed by atoms with Gasteiger partial charge in [0.1, 0.15) is 29.7 Å². The summed E-state index contributed by atoms with van der Waals surface area (Å²) >= 11 is 0. The number of aliphatic hydroxyl groups excluding tert-OH is 3. The summed E-state index contributed by atoms with van der Waals surface area (Å²) in [5.74, 6) is 0.487. The summed E-state index contributed by atoms with van der Waals surface area (Å²) in [7, 11) is 0. The van der Waals surface area contributed by atoms with Crippen molar-refractivity contribution in [3.05, 3.63) is 35.7 Å². The Labute approximate surface area is 142 Å². The predicted octanol–water partition coefficient (Wildman–Crippen LogP) is -1.67. The van der Waals surface area contributed by atoms with E-state index in [-0.39, 0.29) is 5.75 Å². The van der Waals surface area contributed by atoms with Gasteiger partial charge >= 0.3 is 0 Å². The van der Waals surface area contributed by atoms with Crippen LogP contribution in [0.25, 0.3) is 0 Å². The van der Waals surface area contributed by atoms with Gasteiger partial charge in [-0.1, -0.05) is 12.1 Å². The van der Waals surface area contributed by atoms with Crippen molar-refractivity contribution in [2.75, 3.05) is 6.61 Å². The summed E-state index contributed by atoms with van der Waals surface area (Å²) < 4.78 is 5.45. The lowest BCUT2D eigenvalue weighted by Gasteiger charge is -2.45. The maximum atomic E-state index is 10.5. The summed E-state index contributed by atoms with van der Waals surface area (Å²) in [5.41, 5.74) is -1.04. The van der Waals surface area contributed by atoms with Crippen molar-refractivity contribution in [2.24, 2.45) is 0 Å². The molecule has 1 aromatic heterocycles. The van der Waals surface area contributed by atoms with Crippen LogP contribution in [-0.4, -0.2) is 76.3 Å². The molecule has 5 N–H and O–H groups in total. The molecular weight excluding hydrogens is 332 g/mol. The lowest BCUT2D eigenvalue weighted by Crippen LogP contribution is -2.63. The Kier molecular flexibility index (Phi) is 4.71. The standard InChI is InChI=1S/C15H20N4O6/c1-15(24)13(23)12(22)10(7-20)25-14(15)19-17-11(16-18-19)6-8-2-4-9(21)5-3-8/h2-5,10,12-14,20-24H,6-7H2,1H3. The van der Waals surface area contributed by atoms with E-state index in [4.69, 9.17) is 4.74 Å². The van der Waals surface area contributed by atoms with Crippen LogP contribution in [0.2, 0.25) is 0 Å². The van der Waals surface area contributed by atoms with Crippen LogP contribution in [0, 0.1) is 0 Å². The van der Waals surface area contributed by atoms with Gasteiger partial charge in [-0.05, 0) is 29.8 Å². The zero-order valence-corrected chi connectivity index (χ0v) is 13.5. The number of aliphatic hydroxyl groups is 4. The van der Waals surface area contributed by atoms with Gasteiger partial charge in [0.15, 0.2) is 5.82 Å². The fourth-order valence-corrected chi connectivity index (χ4v) is 2.74. The van der Waals surface area contributed by atoms with Crippen LogP contribution in [0.3, 0.4) is 0 Å². The van der Waals surface area contributed by atoms with Gasteiger partial charge in [0.2, 0.25) is 6.23 Å². The van der Waals surface area contributed by atoms with Crippen molar-refractivity contribution >= 4 is 0 Å². The number of phenolic OH excluding ortho intramolecular Hbond substituents is 1.